The molecule has 0 saturated carbocycles. The largest absolute Gasteiger partial charge is 0.493 e. The molecule has 1 aliphatic rings. The Morgan fingerprint density at radius 2 is 1.79 bits per heavy atom. The number of rotatable bonds is 8. The molecule has 1 N–H and O–H groups in total. The zero-order chi connectivity index (χ0) is 31.9. The van der Waals surface area contributed by atoms with Crippen molar-refractivity contribution in [3.63, 3.8) is 0 Å². The lowest BCUT2D eigenvalue weighted by atomic mass is 9.91. The number of benzene rings is 1. The average Bonchev–Trinajstić information content (AvgIpc) is 2.98. The third kappa shape index (κ3) is 8.89. The number of esters is 3. The molecule has 0 aliphatic carbocycles. The summed E-state index contributed by atoms with van der Waals surface area (Å²) in [5.74, 6) is -4.45. The van der Waals surface area contributed by atoms with Crippen molar-refractivity contribution in [3.05, 3.63) is 53.3 Å². The van der Waals surface area contributed by atoms with Crippen molar-refractivity contribution in [2.75, 3.05) is 20.3 Å². The zero-order valence-electron chi connectivity index (χ0n) is 24.2. The molecular formula is C29H33F3N2O9. The third-order valence-corrected chi connectivity index (χ3v) is 6.49. The average molecular weight is 611 g/mol. The summed E-state index contributed by atoms with van der Waals surface area (Å²) < 4.78 is 66.5. The van der Waals surface area contributed by atoms with E-state index in [1.807, 2.05) is 0 Å². The second-order valence-corrected chi connectivity index (χ2v) is 10.2. The molecule has 43 heavy (non-hydrogen) atoms. The Kier molecular flexibility index (Phi) is 11.1. The molecule has 2 aromatic rings. The lowest BCUT2D eigenvalue weighted by Crippen LogP contribution is -2.47. The fraction of sp³-hybridized carbons (Fsp3) is 0.483. The van der Waals surface area contributed by atoms with Crippen LogP contribution in [0, 0.1) is 11.8 Å². The van der Waals surface area contributed by atoms with Gasteiger partial charge in [-0.05, 0) is 31.0 Å². The molecule has 11 nitrogen and oxygen atoms in total. The number of amides is 1. The number of ether oxygens (including phenoxy) is 5. The molecular weight excluding hydrogens is 577 g/mol. The van der Waals surface area contributed by atoms with Crippen LogP contribution in [0.1, 0.15) is 49.3 Å². The lowest BCUT2D eigenvalue weighted by Gasteiger charge is -2.31. The molecule has 14 heteroatoms. The fourth-order valence-electron chi connectivity index (χ4n) is 4.31. The fourth-order valence-corrected chi connectivity index (χ4v) is 4.31. The third-order valence-electron chi connectivity index (χ3n) is 6.49. The summed E-state index contributed by atoms with van der Waals surface area (Å²) >= 11 is 0. The van der Waals surface area contributed by atoms with Crippen molar-refractivity contribution in [3.8, 4) is 11.5 Å². The van der Waals surface area contributed by atoms with Gasteiger partial charge in [0.2, 0.25) is 5.75 Å². The Labute approximate surface area is 246 Å². The number of nitrogens with zero attached hydrogens (tertiary/aromatic N) is 1. The van der Waals surface area contributed by atoms with Crippen LogP contribution in [0.4, 0.5) is 13.2 Å². The van der Waals surface area contributed by atoms with Gasteiger partial charge in [-0.1, -0.05) is 26.0 Å². The molecule has 0 unspecified atom stereocenters. The van der Waals surface area contributed by atoms with Crippen LogP contribution in [-0.2, 0) is 41.2 Å². The van der Waals surface area contributed by atoms with Gasteiger partial charge in [0, 0.05) is 25.1 Å². The predicted octanol–water partition coefficient (Wildman–Crippen LogP) is 3.52. The highest BCUT2D eigenvalue weighted by Gasteiger charge is 2.38. The highest BCUT2D eigenvalue weighted by Crippen LogP contribution is 2.31. The monoisotopic (exact) mass is 610 g/mol. The van der Waals surface area contributed by atoms with E-state index in [-0.39, 0.29) is 36.8 Å². The summed E-state index contributed by atoms with van der Waals surface area (Å²) in [6.45, 7) is 5.42. The number of aromatic nitrogens is 1. The maximum absolute atomic E-state index is 13.2. The smallest absolute Gasteiger partial charge is 0.416 e. The molecule has 2 heterocycles. The number of nitrogens with one attached hydrogen (secondary N) is 1. The number of alkyl halides is 3. The minimum atomic E-state index is -4.50. The second-order valence-electron chi connectivity index (χ2n) is 10.2. The van der Waals surface area contributed by atoms with Gasteiger partial charge < -0.3 is 29.0 Å². The molecule has 0 radical (unpaired) electrons. The van der Waals surface area contributed by atoms with Crippen LogP contribution in [0.5, 0.6) is 11.5 Å². The van der Waals surface area contributed by atoms with E-state index in [0.717, 1.165) is 19.1 Å². The molecule has 1 aromatic heterocycles. The number of carbonyl (C=O) groups is 4. The first-order valence-corrected chi connectivity index (χ1v) is 13.4. The number of hydrogen-bond donors (Lipinski definition) is 1. The summed E-state index contributed by atoms with van der Waals surface area (Å²) in [6, 6.07) is 4.57. The van der Waals surface area contributed by atoms with Crippen molar-refractivity contribution in [1.29, 1.82) is 0 Å². The van der Waals surface area contributed by atoms with Crippen LogP contribution in [0.2, 0.25) is 0 Å². The van der Waals surface area contributed by atoms with Gasteiger partial charge in [0.25, 0.3) is 5.91 Å². The summed E-state index contributed by atoms with van der Waals surface area (Å²) in [6.07, 6.45) is -5.17. The first-order valence-electron chi connectivity index (χ1n) is 13.4. The van der Waals surface area contributed by atoms with Gasteiger partial charge in [0.05, 0.1) is 31.8 Å². The topological polar surface area (TPSA) is 139 Å². The standard InChI is InChI=1S/C29H33F3N2O9/c1-15(2)27(37)43-24-16(3)41-28(38)21(34-26(36)23-25(42-17(4)35)22(39-5)10-11-33-23)14-40-13-19(24)12-18-6-8-20(9-7-18)29(30,31)32/h6-11,15-16,19,21,24H,12-14H2,1-5H3,(H,34,36)/t16-,19-,21-,24-/m0/s1. The van der Waals surface area contributed by atoms with Crippen LogP contribution >= 0.6 is 0 Å². The lowest BCUT2D eigenvalue weighted by molar-refractivity contribution is -0.173. The van der Waals surface area contributed by atoms with Crippen LogP contribution in [0.3, 0.4) is 0 Å². The van der Waals surface area contributed by atoms with Gasteiger partial charge in [-0.25, -0.2) is 9.78 Å². The summed E-state index contributed by atoms with van der Waals surface area (Å²) in [7, 11) is 1.30. The van der Waals surface area contributed by atoms with E-state index in [1.165, 1.54) is 38.4 Å². The van der Waals surface area contributed by atoms with Crippen LogP contribution < -0.4 is 14.8 Å². The quantitative estimate of drug-likeness (QED) is 0.442. The van der Waals surface area contributed by atoms with Crippen molar-refractivity contribution in [1.82, 2.24) is 10.3 Å². The summed E-state index contributed by atoms with van der Waals surface area (Å²) in [4.78, 5) is 54.4. The summed E-state index contributed by atoms with van der Waals surface area (Å²) in [5.41, 5.74) is -0.635. The molecule has 234 valence electrons. The minimum Gasteiger partial charge on any atom is -0.493 e. The van der Waals surface area contributed by atoms with Gasteiger partial charge in [-0.3, -0.25) is 14.4 Å². The van der Waals surface area contributed by atoms with E-state index < -0.39 is 65.6 Å². The number of pyridine rings is 1. The Bertz CT molecular complexity index is 1320. The molecule has 1 aliphatic heterocycles. The van der Waals surface area contributed by atoms with Crippen molar-refractivity contribution in [2.45, 2.75) is 58.5 Å². The molecule has 1 fully saturated rings. The van der Waals surface area contributed by atoms with Crippen LogP contribution in [0.25, 0.3) is 0 Å². The zero-order valence-corrected chi connectivity index (χ0v) is 24.2. The van der Waals surface area contributed by atoms with E-state index in [4.69, 9.17) is 23.7 Å². The second kappa shape index (κ2) is 14.3. The number of halogens is 3. The highest BCUT2D eigenvalue weighted by atomic mass is 19.4. The minimum absolute atomic E-state index is 0.0539. The Morgan fingerprint density at radius 1 is 1.12 bits per heavy atom. The maximum atomic E-state index is 13.2. The summed E-state index contributed by atoms with van der Waals surface area (Å²) in [5, 5.41) is 2.46. The normalized spacial score (nSPS) is 21.1. The van der Waals surface area contributed by atoms with E-state index in [2.05, 4.69) is 10.3 Å². The van der Waals surface area contributed by atoms with E-state index in [9.17, 15) is 32.3 Å². The van der Waals surface area contributed by atoms with Gasteiger partial charge in [-0.15, -0.1) is 0 Å². The predicted molar refractivity (Wildman–Crippen MR) is 143 cm³/mol. The molecule has 1 saturated heterocycles. The molecule has 0 spiro atoms. The molecule has 3 rings (SSSR count). The van der Waals surface area contributed by atoms with Crippen LogP contribution in [-0.4, -0.2) is 67.4 Å². The Balaban J connectivity index is 1.86. The van der Waals surface area contributed by atoms with E-state index >= 15 is 0 Å². The number of cyclic esters (lactones) is 1. The van der Waals surface area contributed by atoms with Crippen molar-refractivity contribution >= 4 is 23.8 Å². The van der Waals surface area contributed by atoms with Gasteiger partial charge in [0.1, 0.15) is 12.2 Å². The van der Waals surface area contributed by atoms with Crippen molar-refractivity contribution in [2.24, 2.45) is 11.8 Å². The highest BCUT2D eigenvalue weighted by molar-refractivity contribution is 5.98. The van der Waals surface area contributed by atoms with E-state index in [1.54, 1.807) is 13.8 Å². The molecule has 1 aromatic carbocycles. The first kappa shape index (κ1) is 33.3. The van der Waals surface area contributed by atoms with Gasteiger partial charge in [-0.2, -0.15) is 13.2 Å². The van der Waals surface area contributed by atoms with E-state index in [0.29, 0.717) is 5.56 Å². The number of methoxy groups -OCH3 is 1. The molecule has 0 bridgehead atoms. The van der Waals surface area contributed by atoms with Crippen molar-refractivity contribution < 1.29 is 56.0 Å². The number of carbonyl (C=O) groups excluding carboxylic acids is 4. The Hall–Kier alpha value is -4.20. The molecule has 1 amide bonds. The Morgan fingerprint density at radius 3 is 2.37 bits per heavy atom. The van der Waals surface area contributed by atoms with Crippen LogP contribution in [0.15, 0.2) is 36.5 Å². The maximum Gasteiger partial charge on any atom is 0.416 e. The molecule has 4 atom stereocenters. The van der Waals surface area contributed by atoms with Gasteiger partial charge >= 0.3 is 24.1 Å². The first-order chi connectivity index (χ1) is 20.2. The van der Waals surface area contributed by atoms with Gasteiger partial charge in [0.15, 0.2) is 17.5 Å². The SMILES string of the molecule is COc1ccnc(C(=O)N[C@H]2COC[C@H](Cc3ccc(C(F)(F)F)cc3)[C@@H](OC(=O)C(C)C)[C@H](C)OC2=O)c1OC(C)=O. The number of hydrogen-bond acceptors (Lipinski definition) is 10.